The highest BCUT2D eigenvalue weighted by atomic mass is 14.9. The topological polar surface area (TPSA) is 49.6 Å². The molecule has 0 saturated carbocycles. The van der Waals surface area contributed by atoms with Crippen molar-refractivity contribution >= 4 is 0 Å². The lowest BCUT2D eigenvalue weighted by Crippen LogP contribution is -2.28. The van der Waals surface area contributed by atoms with Crippen molar-refractivity contribution in [2.45, 2.75) is 5.41 Å². The molecule has 1 aliphatic carbocycles. The summed E-state index contributed by atoms with van der Waals surface area (Å²) < 4.78 is 0. The van der Waals surface area contributed by atoms with Gasteiger partial charge in [0.15, 0.2) is 5.82 Å². The van der Waals surface area contributed by atoms with Gasteiger partial charge < -0.3 is 0 Å². The Morgan fingerprint density at radius 3 is 1.28 bits per heavy atom. The summed E-state index contributed by atoms with van der Waals surface area (Å²) in [6.07, 6.45) is 0. The third-order valence-electron chi connectivity index (χ3n) is 11.2. The molecule has 0 unspecified atom stereocenters. The van der Waals surface area contributed by atoms with E-state index < -0.39 is 5.41 Å². The molecule has 1 aromatic heterocycles. The zero-order valence-electron chi connectivity index (χ0n) is 31.0. The largest absolute Gasteiger partial charge is 0.228 e. The number of fused-ring (bicyclic) bond motifs is 3. The van der Waals surface area contributed by atoms with Crippen molar-refractivity contribution in [1.82, 2.24) is 9.97 Å². The van der Waals surface area contributed by atoms with E-state index in [-0.39, 0.29) is 0 Å². The van der Waals surface area contributed by atoms with Crippen LogP contribution in [0.4, 0.5) is 0 Å². The third-order valence-corrected chi connectivity index (χ3v) is 11.2. The van der Waals surface area contributed by atoms with Crippen LogP contribution >= 0.6 is 0 Å². The first-order valence-electron chi connectivity index (χ1n) is 19.2. The Kier molecular flexibility index (Phi) is 8.43. The summed E-state index contributed by atoms with van der Waals surface area (Å²) in [6.45, 7) is 0. The number of aromatic nitrogens is 2. The van der Waals surface area contributed by atoms with Crippen molar-refractivity contribution in [1.29, 1.82) is 5.26 Å². The second kappa shape index (κ2) is 14.2. The van der Waals surface area contributed by atoms with Gasteiger partial charge in [-0.2, -0.15) is 5.26 Å². The molecule has 3 heteroatoms. The van der Waals surface area contributed by atoms with Crippen LogP contribution in [0, 0.1) is 11.3 Å². The maximum absolute atomic E-state index is 9.28. The number of nitrogens with zero attached hydrogens (tertiary/aromatic N) is 3. The summed E-state index contributed by atoms with van der Waals surface area (Å²) in [5.74, 6) is 0.697. The number of benzene rings is 8. The SMILES string of the molecule is N#Cc1ccc(-c2ccc(-c3ccc4c(c3)C(c3ccccc3)(c3ccccc3)c3cc(-c5cc(-c6ccccc6)nc(-c6ccccc6)n5)ccc3-4)cc2)cc1. The van der Waals surface area contributed by atoms with Gasteiger partial charge in [-0.1, -0.05) is 182 Å². The molecule has 0 aliphatic heterocycles. The Labute approximate surface area is 332 Å². The molecule has 0 bridgehead atoms. The van der Waals surface area contributed by atoms with E-state index in [4.69, 9.17) is 9.97 Å². The molecule has 10 rings (SSSR count). The monoisotopic (exact) mass is 725 g/mol. The van der Waals surface area contributed by atoms with Crippen LogP contribution in [0.2, 0.25) is 0 Å². The van der Waals surface area contributed by atoms with Crippen molar-refractivity contribution in [3.8, 4) is 73.4 Å². The standard InChI is InChI=1S/C54H35N3/c55-36-37-21-23-38(24-22-37)39-25-27-40(28-26-39)43-29-31-47-48-32-30-44(52-35-51(41-13-5-1-6-14-41)56-53(57-52)42-15-7-2-8-16-42)34-50(48)54(49(47)33-43,45-17-9-3-10-18-45)46-19-11-4-12-20-46/h1-35H. The summed E-state index contributed by atoms with van der Waals surface area (Å²) in [4.78, 5) is 10.3. The quantitative estimate of drug-likeness (QED) is 0.164. The third kappa shape index (κ3) is 5.92. The van der Waals surface area contributed by atoms with E-state index >= 15 is 0 Å². The normalized spacial score (nSPS) is 12.3. The van der Waals surface area contributed by atoms with Crippen LogP contribution in [-0.2, 0) is 5.41 Å². The van der Waals surface area contributed by atoms with Crippen LogP contribution in [-0.4, -0.2) is 9.97 Å². The van der Waals surface area contributed by atoms with Crippen LogP contribution in [0.15, 0.2) is 212 Å². The van der Waals surface area contributed by atoms with Crippen molar-refractivity contribution in [3.05, 3.63) is 240 Å². The Morgan fingerprint density at radius 1 is 0.351 bits per heavy atom. The number of hydrogen-bond donors (Lipinski definition) is 0. The first kappa shape index (κ1) is 33.9. The smallest absolute Gasteiger partial charge is 0.160 e. The minimum atomic E-state index is -0.598. The lowest BCUT2D eigenvalue weighted by Gasteiger charge is -2.34. The maximum atomic E-state index is 9.28. The molecule has 0 amide bonds. The molecular formula is C54H35N3. The minimum absolute atomic E-state index is 0.598. The fourth-order valence-corrected chi connectivity index (χ4v) is 8.49. The molecule has 0 spiro atoms. The van der Waals surface area contributed by atoms with Crippen molar-refractivity contribution < 1.29 is 0 Å². The van der Waals surface area contributed by atoms with E-state index in [2.05, 4.69) is 170 Å². The first-order chi connectivity index (χ1) is 28.2. The predicted molar refractivity (Wildman–Crippen MR) is 231 cm³/mol. The molecule has 0 atom stereocenters. The van der Waals surface area contributed by atoms with Gasteiger partial charge >= 0.3 is 0 Å². The molecule has 9 aromatic rings. The first-order valence-corrected chi connectivity index (χ1v) is 19.2. The lowest BCUT2D eigenvalue weighted by molar-refractivity contribution is 0.769. The average molecular weight is 726 g/mol. The molecule has 0 N–H and O–H groups in total. The molecule has 0 radical (unpaired) electrons. The molecular weight excluding hydrogens is 691 g/mol. The van der Waals surface area contributed by atoms with Crippen LogP contribution in [0.25, 0.3) is 67.3 Å². The highest BCUT2D eigenvalue weighted by Gasteiger charge is 2.46. The summed E-state index contributed by atoms with van der Waals surface area (Å²) in [7, 11) is 0. The van der Waals surface area contributed by atoms with Gasteiger partial charge in [-0.3, -0.25) is 0 Å². The van der Waals surface area contributed by atoms with Gasteiger partial charge in [0.25, 0.3) is 0 Å². The second-order valence-electron chi connectivity index (χ2n) is 14.5. The number of hydrogen-bond acceptors (Lipinski definition) is 3. The summed E-state index contributed by atoms with van der Waals surface area (Å²) in [6, 6.07) is 77.1. The Balaban J connectivity index is 1.17. The van der Waals surface area contributed by atoms with E-state index in [1.165, 1.54) is 33.4 Å². The molecule has 266 valence electrons. The molecule has 1 aliphatic rings. The molecule has 8 aromatic carbocycles. The van der Waals surface area contributed by atoms with E-state index in [1.807, 2.05) is 48.5 Å². The summed E-state index contributed by atoms with van der Waals surface area (Å²) in [5.41, 5.74) is 16.7. The molecule has 1 heterocycles. The Bertz CT molecular complexity index is 2820. The van der Waals surface area contributed by atoms with Gasteiger partial charge in [-0.05, 0) is 86.0 Å². The van der Waals surface area contributed by atoms with Crippen LogP contribution in [0.3, 0.4) is 0 Å². The highest BCUT2D eigenvalue weighted by molar-refractivity contribution is 5.90. The molecule has 0 fully saturated rings. The van der Waals surface area contributed by atoms with Gasteiger partial charge in [0, 0.05) is 16.7 Å². The van der Waals surface area contributed by atoms with E-state index in [1.54, 1.807) is 0 Å². The minimum Gasteiger partial charge on any atom is -0.228 e. The van der Waals surface area contributed by atoms with Gasteiger partial charge in [-0.15, -0.1) is 0 Å². The number of nitriles is 1. The Hall–Kier alpha value is -7.67. The van der Waals surface area contributed by atoms with E-state index in [0.717, 1.165) is 50.3 Å². The average Bonchev–Trinajstić information content (AvgIpc) is 3.60. The highest BCUT2D eigenvalue weighted by Crippen LogP contribution is 2.57. The zero-order chi connectivity index (χ0) is 38.2. The van der Waals surface area contributed by atoms with Crippen molar-refractivity contribution in [2.24, 2.45) is 0 Å². The predicted octanol–water partition coefficient (Wildman–Crippen LogP) is 13.0. The van der Waals surface area contributed by atoms with E-state index in [9.17, 15) is 5.26 Å². The molecule has 3 nitrogen and oxygen atoms in total. The fourth-order valence-electron chi connectivity index (χ4n) is 8.49. The van der Waals surface area contributed by atoms with Gasteiger partial charge in [0.2, 0.25) is 0 Å². The van der Waals surface area contributed by atoms with Crippen molar-refractivity contribution in [2.75, 3.05) is 0 Å². The zero-order valence-corrected chi connectivity index (χ0v) is 31.0. The fraction of sp³-hybridized carbons (Fsp3) is 0.0185. The van der Waals surface area contributed by atoms with Gasteiger partial charge in [-0.25, -0.2) is 9.97 Å². The maximum Gasteiger partial charge on any atom is 0.160 e. The van der Waals surface area contributed by atoms with E-state index in [0.29, 0.717) is 11.4 Å². The van der Waals surface area contributed by atoms with Crippen LogP contribution < -0.4 is 0 Å². The lowest BCUT2D eigenvalue weighted by atomic mass is 9.67. The summed E-state index contributed by atoms with van der Waals surface area (Å²) in [5, 5.41) is 9.28. The Morgan fingerprint density at radius 2 is 0.754 bits per heavy atom. The summed E-state index contributed by atoms with van der Waals surface area (Å²) >= 11 is 0. The van der Waals surface area contributed by atoms with Crippen molar-refractivity contribution in [3.63, 3.8) is 0 Å². The second-order valence-corrected chi connectivity index (χ2v) is 14.5. The molecule has 0 saturated heterocycles. The van der Waals surface area contributed by atoms with Crippen LogP contribution in [0.5, 0.6) is 0 Å². The van der Waals surface area contributed by atoms with Crippen LogP contribution in [0.1, 0.15) is 27.8 Å². The molecule has 57 heavy (non-hydrogen) atoms. The van der Waals surface area contributed by atoms with Gasteiger partial charge in [0.1, 0.15) is 0 Å². The number of rotatable bonds is 7. The van der Waals surface area contributed by atoms with Gasteiger partial charge in [0.05, 0.1) is 28.4 Å².